The summed E-state index contributed by atoms with van der Waals surface area (Å²) >= 11 is 0. The van der Waals surface area contributed by atoms with Gasteiger partial charge in [0.1, 0.15) is 0 Å². The molecule has 2 unspecified atom stereocenters. The average Bonchev–Trinajstić information content (AvgIpc) is 2.87. The lowest BCUT2D eigenvalue weighted by Crippen LogP contribution is -2.20. The zero-order valence-corrected chi connectivity index (χ0v) is 12.7. The molecule has 3 heteroatoms. The molecule has 1 aromatic heterocycles. The first kappa shape index (κ1) is 14.8. The predicted octanol–water partition coefficient (Wildman–Crippen LogP) is 3.98. The highest BCUT2D eigenvalue weighted by Crippen LogP contribution is 2.33. The van der Waals surface area contributed by atoms with E-state index in [0.29, 0.717) is 5.92 Å². The lowest BCUT2D eigenvalue weighted by molar-refractivity contribution is 0.105. The van der Waals surface area contributed by atoms with Gasteiger partial charge in [-0.15, -0.1) is 0 Å². The molecule has 0 spiro atoms. The van der Waals surface area contributed by atoms with E-state index in [1.165, 1.54) is 0 Å². The van der Waals surface area contributed by atoms with Crippen molar-refractivity contribution < 1.29 is 5.11 Å². The van der Waals surface area contributed by atoms with E-state index in [-0.39, 0.29) is 5.41 Å². The molecule has 1 N–H and O–H groups in total. The zero-order valence-electron chi connectivity index (χ0n) is 12.7. The smallest absolute Gasteiger partial charge is 0.0964 e. The van der Waals surface area contributed by atoms with Gasteiger partial charge < -0.3 is 5.11 Å². The van der Waals surface area contributed by atoms with Gasteiger partial charge in [-0.3, -0.25) is 0 Å². The highest BCUT2D eigenvalue weighted by atomic mass is 16.3. The summed E-state index contributed by atoms with van der Waals surface area (Å²) in [4.78, 5) is 0. The van der Waals surface area contributed by atoms with Crippen LogP contribution in [0.25, 0.3) is 5.69 Å². The molecule has 0 bridgehead atoms. The number of hydrogen-bond donors (Lipinski definition) is 1. The quantitative estimate of drug-likeness (QED) is 0.914. The third-order valence-corrected chi connectivity index (χ3v) is 4.07. The molecule has 0 radical (unpaired) electrons. The van der Waals surface area contributed by atoms with Gasteiger partial charge in [0.2, 0.25) is 0 Å². The Hall–Kier alpha value is -1.61. The summed E-state index contributed by atoms with van der Waals surface area (Å²) in [7, 11) is 0. The second-order valence-corrected chi connectivity index (χ2v) is 6.52. The number of nitrogens with zero attached hydrogens (tertiary/aromatic N) is 2. The van der Waals surface area contributed by atoms with Crippen LogP contribution in [-0.2, 0) is 0 Å². The Labute approximate surface area is 121 Å². The molecule has 20 heavy (non-hydrogen) atoms. The fourth-order valence-corrected chi connectivity index (χ4v) is 2.16. The van der Waals surface area contributed by atoms with Crippen LogP contribution in [0.5, 0.6) is 0 Å². The zero-order chi connectivity index (χ0) is 14.8. The Morgan fingerprint density at radius 1 is 1.15 bits per heavy atom. The summed E-state index contributed by atoms with van der Waals surface area (Å²) in [5.41, 5.74) is 2.03. The summed E-state index contributed by atoms with van der Waals surface area (Å²) < 4.78 is 1.82. The summed E-state index contributed by atoms with van der Waals surface area (Å²) in [5, 5.41) is 14.9. The predicted molar refractivity (Wildman–Crippen MR) is 81.8 cm³/mol. The maximum Gasteiger partial charge on any atom is 0.0964 e. The first-order valence-corrected chi connectivity index (χ1v) is 7.17. The molecule has 0 aliphatic carbocycles. The van der Waals surface area contributed by atoms with E-state index >= 15 is 0 Å². The minimum atomic E-state index is -0.494. The number of aliphatic hydroxyl groups is 1. The van der Waals surface area contributed by atoms with Gasteiger partial charge in [0, 0.05) is 6.20 Å². The van der Waals surface area contributed by atoms with Crippen LogP contribution < -0.4 is 0 Å². The molecule has 0 amide bonds. The summed E-state index contributed by atoms with van der Waals surface area (Å²) in [5.74, 6) is 0.427. The molecular weight excluding hydrogens is 248 g/mol. The topological polar surface area (TPSA) is 38.1 Å². The fourth-order valence-electron chi connectivity index (χ4n) is 2.16. The lowest BCUT2D eigenvalue weighted by atomic mass is 9.78. The van der Waals surface area contributed by atoms with E-state index in [0.717, 1.165) is 17.8 Å². The monoisotopic (exact) mass is 272 g/mol. The second-order valence-electron chi connectivity index (χ2n) is 6.52. The maximum absolute atomic E-state index is 10.5. The van der Waals surface area contributed by atoms with Gasteiger partial charge in [-0.2, -0.15) is 5.10 Å². The van der Waals surface area contributed by atoms with Crippen LogP contribution in [-0.4, -0.2) is 14.9 Å². The van der Waals surface area contributed by atoms with Crippen molar-refractivity contribution in [2.75, 3.05) is 0 Å². The Kier molecular flexibility index (Phi) is 4.29. The minimum Gasteiger partial charge on any atom is -0.387 e. The molecule has 1 aromatic carbocycles. The van der Waals surface area contributed by atoms with E-state index in [1.54, 1.807) is 6.20 Å². The van der Waals surface area contributed by atoms with Crippen molar-refractivity contribution >= 4 is 0 Å². The van der Waals surface area contributed by atoms with E-state index < -0.39 is 6.10 Å². The van der Waals surface area contributed by atoms with Gasteiger partial charge in [-0.05, 0) is 36.0 Å². The van der Waals surface area contributed by atoms with Gasteiger partial charge in [0.15, 0.2) is 0 Å². The van der Waals surface area contributed by atoms with Crippen molar-refractivity contribution in [1.29, 1.82) is 0 Å². The van der Waals surface area contributed by atoms with Crippen LogP contribution in [0.1, 0.15) is 45.9 Å². The third-order valence-electron chi connectivity index (χ3n) is 4.07. The maximum atomic E-state index is 10.5. The van der Waals surface area contributed by atoms with Crippen molar-refractivity contribution in [3.63, 3.8) is 0 Å². The highest BCUT2D eigenvalue weighted by Gasteiger charge is 2.25. The number of hydrogen-bond acceptors (Lipinski definition) is 2. The summed E-state index contributed by atoms with van der Waals surface area (Å²) in [6, 6.07) is 11.8. The Balaban J connectivity index is 2.20. The molecule has 0 saturated carbocycles. The number of para-hydroxylation sites is 1. The highest BCUT2D eigenvalue weighted by molar-refractivity contribution is 5.32. The SMILES string of the molecule is CC(CC(O)c1ccnn1-c1ccccc1)C(C)(C)C. The molecule has 1 heterocycles. The normalized spacial score (nSPS) is 15.1. The van der Waals surface area contributed by atoms with Crippen LogP contribution in [0.2, 0.25) is 0 Å². The van der Waals surface area contributed by atoms with Crippen LogP contribution in [0, 0.1) is 11.3 Å². The Morgan fingerprint density at radius 2 is 1.80 bits per heavy atom. The number of rotatable bonds is 4. The van der Waals surface area contributed by atoms with E-state index in [9.17, 15) is 5.11 Å². The molecule has 2 atom stereocenters. The van der Waals surface area contributed by atoms with Crippen molar-refractivity contribution in [3.8, 4) is 5.69 Å². The number of aliphatic hydroxyl groups excluding tert-OH is 1. The summed E-state index contributed by atoms with van der Waals surface area (Å²) in [6.07, 6.45) is 1.99. The molecule has 2 aromatic rings. The Bertz CT molecular complexity index is 540. The van der Waals surface area contributed by atoms with Crippen LogP contribution in [0.15, 0.2) is 42.6 Å². The second kappa shape index (κ2) is 5.80. The molecule has 0 aliphatic heterocycles. The average molecular weight is 272 g/mol. The van der Waals surface area contributed by atoms with Gasteiger partial charge >= 0.3 is 0 Å². The number of aromatic nitrogens is 2. The van der Waals surface area contributed by atoms with Crippen LogP contribution in [0.3, 0.4) is 0 Å². The van der Waals surface area contributed by atoms with Crippen molar-refractivity contribution in [2.24, 2.45) is 11.3 Å². The largest absolute Gasteiger partial charge is 0.387 e. The van der Waals surface area contributed by atoms with E-state index in [2.05, 4.69) is 32.8 Å². The van der Waals surface area contributed by atoms with E-state index in [4.69, 9.17) is 0 Å². The molecule has 2 rings (SSSR count). The van der Waals surface area contributed by atoms with Gasteiger partial charge in [0.05, 0.1) is 17.5 Å². The Morgan fingerprint density at radius 3 is 2.40 bits per heavy atom. The van der Waals surface area contributed by atoms with Gasteiger partial charge in [-0.25, -0.2) is 4.68 Å². The molecule has 0 aliphatic rings. The molecule has 0 saturated heterocycles. The van der Waals surface area contributed by atoms with Crippen molar-refractivity contribution in [3.05, 3.63) is 48.3 Å². The van der Waals surface area contributed by atoms with Gasteiger partial charge in [-0.1, -0.05) is 45.9 Å². The van der Waals surface area contributed by atoms with E-state index in [1.807, 2.05) is 41.1 Å². The van der Waals surface area contributed by atoms with Crippen molar-refractivity contribution in [2.45, 2.75) is 40.2 Å². The molecule has 108 valence electrons. The fraction of sp³-hybridized carbons (Fsp3) is 0.471. The van der Waals surface area contributed by atoms with Gasteiger partial charge in [0.25, 0.3) is 0 Å². The first-order chi connectivity index (χ1) is 9.39. The standard InChI is InChI=1S/C17H24N2O/c1-13(17(2,3)4)12-16(20)15-10-11-18-19(15)14-8-6-5-7-9-14/h5-11,13,16,20H,12H2,1-4H3. The number of benzene rings is 1. The summed E-state index contributed by atoms with van der Waals surface area (Å²) in [6.45, 7) is 8.81. The van der Waals surface area contributed by atoms with Crippen LogP contribution in [0.4, 0.5) is 0 Å². The minimum absolute atomic E-state index is 0.193. The molecule has 0 fully saturated rings. The first-order valence-electron chi connectivity index (χ1n) is 7.17. The lowest BCUT2D eigenvalue weighted by Gasteiger charge is -2.29. The molecular formula is C17H24N2O. The van der Waals surface area contributed by atoms with Crippen LogP contribution >= 0.6 is 0 Å². The van der Waals surface area contributed by atoms with Crippen molar-refractivity contribution in [1.82, 2.24) is 9.78 Å². The third kappa shape index (κ3) is 3.28. The molecule has 3 nitrogen and oxygen atoms in total.